The highest BCUT2D eigenvalue weighted by Gasteiger charge is 2.38. The van der Waals surface area contributed by atoms with E-state index in [-0.39, 0.29) is 5.97 Å². The molecule has 0 amide bonds. The van der Waals surface area contributed by atoms with Crippen molar-refractivity contribution in [3.8, 4) is 0 Å². The number of unbranched alkanes of at least 4 members (excludes halogenated alkanes) is 1. The molecule has 0 aromatic heterocycles. The van der Waals surface area contributed by atoms with Crippen LogP contribution in [-0.4, -0.2) is 25.7 Å². The molecule has 0 aromatic carbocycles. The third-order valence-electron chi connectivity index (χ3n) is 4.55. The summed E-state index contributed by atoms with van der Waals surface area (Å²) in [6, 6.07) is 0. The molecule has 0 aromatic rings. The van der Waals surface area contributed by atoms with Gasteiger partial charge in [0.25, 0.3) is 0 Å². The SMILES string of the molecule is C=C(C)C(=O)OCCCCONCC1CC2CCC1C2. The van der Waals surface area contributed by atoms with E-state index in [9.17, 15) is 4.79 Å². The number of esters is 1. The standard InChI is InChI=1S/C16H27NO3/c1-12(2)16(18)19-7-3-4-8-20-17-11-15-10-13-5-6-14(15)9-13/h13-15,17H,1,3-11H2,2H3. The zero-order valence-corrected chi connectivity index (χ0v) is 12.5. The van der Waals surface area contributed by atoms with E-state index in [1.807, 2.05) is 0 Å². The number of fused-ring (bicyclic) bond motifs is 2. The lowest BCUT2D eigenvalue weighted by Crippen LogP contribution is -2.27. The van der Waals surface area contributed by atoms with Crippen molar-refractivity contribution in [2.75, 3.05) is 19.8 Å². The summed E-state index contributed by atoms with van der Waals surface area (Å²) in [4.78, 5) is 16.6. The van der Waals surface area contributed by atoms with Crippen molar-refractivity contribution in [2.24, 2.45) is 17.8 Å². The highest BCUT2D eigenvalue weighted by Crippen LogP contribution is 2.47. The molecule has 2 rings (SSSR count). The average Bonchev–Trinajstić information content (AvgIpc) is 3.03. The summed E-state index contributed by atoms with van der Waals surface area (Å²) >= 11 is 0. The summed E-state index contributed by atoms with van der Waals surface area (Å²) in [6.07, 6.45) is 7.43. The van der Waals surface area contributed by atoms with Crippen molar-refractivity contribution in [1.82, 2.24) is 5.48 Å². The van der Waals surface area contributed by atoms with Gasteiger partial charge in [-0.05, 0) is 56.8 Å². The summed E-state index contributed by atoms with van der Waals surface area (Å²) in [5.74, 6) is 2.46. The van der Waals surface area contributed by atoms with Crippen LogP contribution in [0.15, 0.2) is 12.2 Å². The number of ether oxygens (including phenoxy) is 1. The first-order valence-electron chi connectivity index (χ1n) is 7.84. The maximum absolute atomic E-state index is 11.1. The third-order valence-corrected chi connectivity index (χ3v) is 4.55. The lowest BCUT2D eigenvalue weighted by Gasteiger charge is -2.21. The Bertz CT molecular complexity index is 343. The van der Waals surface area contributed by atoms with Crippen molar-refractivity contribution in [3.05, 3.63) is 12.2 Å². The van der Waals surface area contributed by atoms with Gasteiger partial charge in [0.2, 0.25) is 0 Å². The van der Waals surface area contributed by atoms with Gasteiger partial charge >= 0.3 is 5.97 Å². The molecule has 0 saturated heterocycles. The fraction of sp³-hybridized carbons (Fsp3) is 0.812. The quantitative estimate of drug-likeness (QED) is 0.305. The Kier molecular flexibility index (Phi) is 6.05. The van der Waals surface area contributed by atoms with E-state index in [0.717, 1.165) is 37.1 Å². The molecule has 2 aliphatic rings. The second-order valence-electron chi connectivity index (χ2n) is 6.26. The first-order valence-corrected chi connectivity index (χ1v) is 7.84. The third kappa shape index (κ3) is 4.60. The van der Waals surface area contributed by atoms with E-state index in [2.05, 4.69) is 12.1 Å². The molecular formula is C16H27NO3. The lowest BCUT2D eigenvalue weighted by molar-refractivity contribution is -0.139. The minimum atomic E-state index is -0.305. The molecule has 2 fully saturated rings. The molecule has 3 atom stereocenters. The van der Waals surface area contributed by atoms with Crippen LogP contribution in [0, 0.1) is 17.8 Å². The fourth-order valence-electron chi connectivity index (χ4n) is 3.43. The monoisotopic (exact) mass is 281 g/mol. The number of hydrogen-bond acceptors (Lipinski definition) is 4. The average molecular weight is 281 g/mol. The summed E-state index contributed by atoms with van der Waals surface area (Å²) in [5.41, 5.74) is 3.56. The molecule has 114 valence electrons. The van der Waals surface area contributed by atoms with Crippen LogP contribution in [-0.2, 0) is 14.4 Å². The van der Waals surface area contributed by atoms with Crippen molar-refractivity contribution >= 4 is 5.97 Å². The van der Waals surface area contributed by atoms with Crippen LogP contribution in [0.2, 0.25) is 0 Å². The Morgan fingerprint density at radius 2 is 2.05 bits per heavy atom. The summed E-state index contributed by atoms with van der Waals surface area (Å²) in [7, 11) is 0. The number of hydroxylamine groups is 1. The fourth-order valence-corrected chi connectivity index (χ4v) is 3.43. The molecule has 1 N–H and O–H groups in total. The van der Waals surface area contributed by atoms with Crippen molar-refractivity contribution in [1.29, 1.82) is 0 Å². The highest BCUT2D eigenvalue weighted by molar-refractivity contribution is 5.86. The minimum Gasteiger partial charge on any atom is -0.462 e. The molecule has 3 unspecified atom stereocenters. The van der Waals surface area contributed by atoms with Gasteiger partial charge in [0.1, 0.15) is 0 Å². The highest BCUT2D eigenvalue weighted by atomic mass is 16.6. The summed E-state index contributed by atoms with van der Waals surface area (Å²) in [5, 5.41) is 0. The Labute approximate surface area is 121 Å². The molecule has 0 radical (unpaired) electrons. The zero-order valence-electron chi connectivity index (χ0n) is 12.5. The zero-order chi connectivity index (χ0) is 14.4. The number of rotatable bonds is 9. The van der Waals surface area contributed by atoms with E-state index in [1.165, 1.54) is 25.7 Å². The van der Waals surface area contributed by atoms with Gasteiger partial charge < -0.3 is 9.57 Å². The van der Waals surface area contributed by atoms with Crippen LogP contribution in [0.5, 0.6) is 0 Å². The Hall–Kier alpha value is -0.870. The van der Waals surface area contributed by atoms with E-state index >= 15 is 0 Å². The smallest absolute Gasteiger partial charge is 0.333 e. The number of hydrogen-bond donors (Lipinski definition) is 1. The molecule has 20 heavy (non-hydrogen) atoms. The second-order valence-corrected chi connectivity index (χ2v) is 6.26. The summed E-state index contributed by atoms with van der Waals surface area (Å²) < 4.78 is 5.01. The van der Waals surface area contributed by atoms with Gasteiger partial charge in [-0.15, -0.1) is 0 Å². The number of nitrogens with one attached hydrogen (secondary N) is 1. The van der Waals surface area contributed by atoms with Gasteiger partial charge in [0.05, 0.1) is 13.2 Å². The van der Waals surface area contributed by atoms with E-state index in [0.29, 0.717) is 18.8 Å². The Morgan fingerprint density at radius 1 is 1.25 bits per heavy atom. The van der Waals surface area contributed by atoms with Gasteiger partial charge in [-0.2, -0.15) is 0 Å². The normalized spacial score (nSPS) is 27.8. The maximum Gasteiger partial charge on any atom is 0.333 e. The van der Waals surface area contributed by atoms with Crippen LogP contribution in [0.3, 0.4) is 0 Å². The first kappa shape index (κ1) is 15.5. The van der Waals surface area contributed by atoms with E-state index in [1.54, 1.807) is 6.92 Å². The van der Waals surface area contributed by atoms with E-state index in [4.69, 9.17) is 9.57 Å². The van der Waals surface area contributed by atoms with Crippen LogP contribution in [0.4, 0.5) is 0 Å². The van der Waals surface area contributed by atoms with Crippen molar-refractivity contribution in [2.45, 2.75) is 45.4 Å². The molecule has 0 aliphatic heterocycles. The maximum atomic E-state index is 11.1. The van der Waals surface area contributed by atoms with Gasteiger partial charge in [-0.25, -0.2) is 10.3 Å². The van der Waals surface area contributed by atoms with E-state index < -0.39 is 0 Å². The van der Waals surface area contributed by atoms with Crippen LogP contribution in [0.1, 0.15) is 45.4 Å². The number of carbonyl (C=O) groups is 1. The molecule has 0 spiro atoms. The van der Waals surface area contributed by atoms with Crippen molar-refractivity contribution in [3.63, 3.8) is 0 Å². The second kappa shape index (κ2) is 7.79. The molecule has 2 bridgehead atoms. The Morgan fingerprint density at radius 3 is 2.70 bits per heavy atom. The number of carbonyl (C=O) groups excluding carboxylic acids is 1. The van der Waals surface area contributed by atoms with Crippen LogP contribution < -0.4 is 5.48 Å². The molecule has 4 nitrogen and oxygen atoms in total. The van der Waals surface area contributed by atoms with Gasteiger partial charge in [-0.1, -0.05) is 13.0 Å². The predicted octanol–water partition coefficient (Wildman–Crippen LogP) is 2.84. The van der Waals surface area contributed by atoms with Crippen LogP contribution >= 0.6 is 0 Å². The van der Waals surface area contributed by atoms with Gasteiger partial charge in [0.15, 0.2) is 0 Å². The lowest BCUT2D eigenvalue weighted by atomic mass is 9.89. The molecule has 0 heterocycles. The van der Waals surface area contributed by atoms with Crippen molar-refractivity contribution < 1.29 is 14.4 Å². The predicted molar refractivity (Wildman–Crippen MR) is 77.9 cm³/mol. The topological polar surface area (TPSA) is 47.6 Å². The molecular weight excluding hydrogens is 254 g/mol. The largest absolute Gasteiger partial charge is 0.462 e. The Balaban J connectivity index is 1.39. The van der Waals surface area contributed by atoms with Gasteiger partial charge in [-0.3, -0.25) is 0 Å². The minimum absolute atomic E-state index is 0.305. The first-order chi connectivity index (χ1) is 9.66. The molecule has 2 aliphatic carbocycles. The van der Waals surface area contributed by atoms with Gasteiger partial charge in [0, 0.05) is 12.1 Å². The summed E-state index contributed by atoms with van der Waals surface area (Å²) in [6.45, 7) is 7.31. The molecule has 4 heteroatoms. The molecule has 2 saturated carbocycles. The van der Waals surface area contributed by atoms with Crippen LogP contribution in [0.25, 0.3) is 0 Å².